The van der Waals surface area contributed by atoms with Crippen molar-refractivity contribution in [3.63, 3.8) is 0 Å². The fraction of sp³-hybridized carbons (Fsp3) is 0.353. The molecule has 0 aromatic heterocycles. The molecule has 4 unspecified atom stereocenters. The van der Waals surface area contributed by atoms with E-state index in [1.54, 1.807) is 0 Å². The number of nitrogens with one attached hydrogen (secondary N) is 2. The zero-order chi connectivity index (χ0) is 30.9. The summed E-state index contributed by atoms with van der Waals surface area (Å²) < 4.78 is 19.2. The third kappa shape index (κ3) is 9.05. The summed E-state index contributed by atoms with van der Waals surface area (Å²) in [7, 11) is 0.735. The van der Waals surface area contributed by atoms with Crippen LogP contribution in [0.3, 0.4) is 0 Å². The van der Waals surface area contributed by atoms with Crippen molar-refractivity contribution in [2.45, 2.75) is 58.8 Å². The predicted octanol–water partition coefficient (Wildman–Crippen LogP) is 10.8. The number of hydrogen-bond donors (Lipinski definition) is 2. The first-order chi connectivity index (χ1) is 19.4. The lowest BCUT2D eigenvalue weighted by Gasteiger charge is -2.16. The Kier molecular flexibility index (Phi) is 13.4. The molecule has 1 fully saturated rings. The fourth-order valence-electron chi connectivity index (χ4n) is 5.12. The second-order valence-corrected chi connectivity index (χ2v) is 12.4. The van der Waals surface area contributed by atoms with Crippen LogP contribution in [0.2, 0.25) is 5.02 Å². The summed E-state index contributed by atoms with van der Waals surface area (Å²) in [5.41, 5.74) is 9.64. The number of halogens is 4. The van der Waals surface area contributed by atoms with Gasteiger partial charge in [-0.1, -0.05) is 83.9 Å². The van der Waals surface area contributed by atoms with Gasteiger partial charge in [-0.2, -0.15) is 0 Å². The first kappa shape index (κ1) is 34.8. The number of allylic oxidation sites excluding steroid dienone is 1. The predicted molar refractivity (Wildman–Crippen MR) is 181 cm³/mol. The summed E-state index contributed by atoms with van der Waals surface area (Å²) in [4.78, 5) is -0.368. The molecular formula is C34H43Cl2F2N2P. The van der Waals surface area contributed by atoms with Gasteiger partial charge in [-0.3, -0.25) is 0 Å². The van der Waals surface area contributed by atoms with Crippen molar-refractivity contribution >= 4 is 54.2 Å². The molecule has 0 radical (unpaired) electrons. The van der Waals surface area contributed by atoms with Gasteiger partial charge in [-0.25, -0.2) is 8.78 Å². The van der Waals surface area contributed by atoms with Gasteiger partial charge in [0, 0.05) is 28.9 Å². The van der Waals surface area contributed by atoms with Gasteiger partial charge in [0.1, 0.15) is 0 Å². The maximum atomic E-state index is 9.62. The van der Waals surface area contributed by atoms with Gasteiger partial charge in [0.15, 0.2) is 0 Å². The largest absolute Gasteiger partial charge is 0.359 e. The molecule has 1 saturated carbocycles. The summed E-state index contributed by atoms with van der Waals surface area (Å²) in [5.74, 6) is 0.358. The van der Waals surface area contributed by atoms with Gasteiger partial charge in [0.05, 0.1) is 15.6 Å². The Hall–Kier alpha value is -2.39. The highest BCUT2D eigenvalue weighted by atomic mass is 35.5. The Morgan fingerprint density at radius 1 is 0.976 bits per heavy atom. The highest BCUT2D eigenvalue weighted by Gasteiger charge is 2.62. The van der Waals surface area contributed by atoms with Crippen LogP contribution in [0.15, 0.2) is 73.5 Å². The van der Waals surface area contributed by atoms with E-state index in [4.69, 9.17) is 23.2 Å². The normalized spacial score (nSPS) is 19.0. The molecule has 0 heterocycles. The number of rotatable bonds is 9. The molecule has 0 amide bonds. The van der Waals surface area contributed by atoms with Gasteiger partial charge in [-0.15, -0.1) is 11.6 Å². The highest BCUT2D eigenvalue weighted by Crippen LogP contribution is 2.64. The molecule has 0 saturated heterocycles. The van der Waals surface area contributed by atoms with Crippen molar-refractivity contribution in [1.29, 1.82) is 0 Å². The average Bonchev–Trinajstić information content (AvgIpc) is 3.53. The Bertz CT molecular complexity index is 1360. The average molecular weight is 620 g/mol. The third-order valence-electron chi connectivity index (χ3n) is 7.01. The quantitative estimate of drug-likeness (QED) is 0.184. The van der Waals surface area contributed by atoms with Crippen LogP contribution < -0.4 is 15.9 Å². The molecule has 1 aliphatic carbocycles. The van der Waals surface area contributed by atoms with Gasteiger partial charge in [-0.05, 0) is 91.7 Å². The molecule has 2 nitrogen and oxygen atoms in total. The molecule has 0 spiro atoms. The standard InChI is InChI=1S/C31H35Cl2N2P.C2H6.CH2F2/c1-8-22-11-18(2)13-24(15-22)30-29(31(30,6)33)21(5)34-25-9-10-27(32)28(17-25)35-20(4)23-12-19(3)14-26(16-23)36-7;1-2;2-1-3/h9-17,29-30,34-36H,4-5,8H2,1-3,6-7H3;1-2H3;1H2. The third-order valence-corrected chi connectivity index (χ3v) is 8.68. The van der Waals surface area contributed by atoms with E-state index in [0.717, 1.165) is 43.3 Å². The summed E-state index contributed by atoms with van der Waals surface area (Å²) in [6.07, 6.45) is 1.01. The molecule has 0 bridgehead atoms. The second kappa shape index (κ2) is 15.7. The lowest BCUT2D eigenvalue weighted by atomic mass is 10.00. The monoisotopic (exact) mass is 618 g/mol. The van der Waals surface area contributed by atoms with Crippen LogP contribution in [0, 0.1) is 19.8 Å². The molecule has 222 valence electrons. The Labute approximate surface area is 257 Å². The van der Waals surface area contributed by atoms with Crippen LogP contribution in [0.4, 0.5) is 20.2 Å². The summed E-state index contributed by atoms with van der Waals surface area (Å²) in [6, 6.07) is 19.2. The van der Waals surface area contributed by atoms with E-state index >= 15 is 0 Å². The van der Waals surface area contributed by atoms with E-state index in [-0.39, 0.29) is 16.7 Å². The molecule has 3 aromatic carbocycles. The van der Waals surface area contributed by atoms with Crippen molar-refractivity contribution in [1.82, 2.24) is 0 Å². The highest BCUT2D eigenvalue weighted by molar-refractivity contribution is 7.46. The van der Waals surface area contributed by atoms with E-state index in [2.05, 4.69) is 94.5 Å². The first-order valence-corrected chi connectivity index (χ1v) is 16.1. The number of benzene rings is 3. The fourth-order valence-corrected chi connectivity index (χ4v) is 6.40. The minimum atomic E-state index is -1.75. The molecule has 41 heavy (non-hydrogen) atoms. The van der Waals surface area contributed by atoms with Crippen molar-refractivity contribution in [3.05, 3.63) is 106 Å². The van der Waals surface area contributed by atoms with Crippen molar-refractivity contribution in [2.75, 3.05) is 24.2 Å². The zero-order valence-corrected chi connectivity index (χ0v) is 27.7. The molecule has 4 rings (SSSR count). The zero-order valence-electron chi connectivity index (χ0n) is 25.2. The van der Waals surface area contributed by atoms with Crippen LogP contribution in [0.1, 0.15) is 61.4 Å². The Morgan fingerprint density at radius 2 is 1.61 bits per heavy atom. The first-order valence-electron chi connectivity index (χ1n) is 13.9. The van der Waals surface area contributed by atoms with Crippen LogP contribution in [-0.4, -0.2) is 18.5 Å². The smallest absolute Gasteiger partial charge is 0.229 e. The molecule has 2 N–H and O–H groups in total. The topological polar surface area (TPSA) is 24.1 Å². The molecule has 1 aliphatic rings. The van der Waals surface area contributed by atoms with Crippen molar-refractivity contribution in [2.24, 2.45) is 5.92 Å². The van der Waals surface area contributed by atoms with E-state index in [9.17, 15) is 8.78 Å². The summed E-state index contributed by atoms with van der Waals surface area (Å²) in [5, 5.41) is 8.87. The molecular weight excluding hydrogens is 576 g/mol. The maximum absolute atomic E-state index is 9.62. The Morgan fingerprint density at radius 3 is 2.22 bits per heavy atom. The molecule has 7 heteroatoms. The van der Waals surface area contributed by atoms with Gasteiger partial charge >= 0.3 is 0 Å². The second-order valence-electron chi connectivity index (χ2n) is 10.1. The maximum Gasteiger partial charge on any atom is 0.229 e. The van der Waals surface area contributed by atoms with Crippen LogP contribution >= 0.6 is 31.8 Å². The lowest BCUT2D eigenvalue weighted by Crippen LogP contribution is -2.06. The number of anilines is 2. The number of alkyl halides is 3. The van der Waals surface area contributed by atoms with Crippen molar-refractivity contribution in [3.8, 4) is 0 Å². The van der Waals surface area contributed by atoms with Crippen LogP contribution in [-0.2, 0) is 6.42 Å². The van der Waals surface area contributed by atoms with E-state index in [1.165, 1.54) is 27.6 Å². The van der Waals surface area contributed by atoms with E-state index < -0.39 is 6.93 Å². The van der Waals surface area contributed by atoms with E-state index in [0.29, 0.717) is 5.02 Å². The summed E-state index contributed by atoms with van der Waals surface area (Å²) >= 11 is 13.5. The number of aryl methyl sites for hydroxylation is 3. The molecule has 3 aromatic rings. The minimum absolute atomic E-state index is 0.133. The lowest BCUT2D eigenvalue weighted by molar-refractivity contribution is 0.295. The number of hydrogen-bond acceptors (Lipinski definition) is 2. The molecule has 4 atom stereocenters. The van der Waals surface area contributed by atoms with Gasteiger partial charge in [0.2, 0.25) is 6.93 Å². The van der Waals surface area contributed by atoms with Gasteiger partial charge < -0.3 is 10.6 Å². The minimum Gasteiger partial charge on any atom is -0.359 e. The van der Waals surface area contributed by atoms with E-state index in [1.807, 2.05) is 32.0 Å². The van der Waals surface area contributed by atoms with Crippen LogP contribution in [0.5, 0.6) is 0 Å². The van der Waals surface area contributed by atoms with Crippen LogP contribution in [0.25, 0.3) is 5.70 Å². The SMILES string of the molecule is C=C(Nc1cc(NC(=C)C2C(c3cc(C)cc(CC)c3)C2(C)Cl)ccc1Cl)c1cc(C)cc(PC)c1.CC.FCF. The van der Waals surface area contributed by atoms with Gasteiger partial charge in [0.25, 0.3) is 0 Å². The summed E-state index contributed by atoms with van der Waals surface area (Å²) in [6.45, 7) is 21.6. The molecule has 0 aliphatic heterocycles. The Balaban J connectivity index is 0.00000110. The van der Waals surface area contributed by atoms with Crippen molar-refractivity contribution < 1.29 is 8.78 Å².